The van der Waals surface area contributed by atoms with E-state index in [1.165, 1.54) is 0 Å². The topological polar surface area (TPSA) is 71.8 Å². The number of nitro groups is 1. The molecule has 1 aromatic heterocycles. The van der Waals surface area contributed by atoms with Crippen molar-refractivity contribution in [1.82, 2.24) is 9.97 Å². The first-order valence-corrected chi connectivity index (χ1v) is 4.02. The van der Waals surface area contributed by atoms with Gasteiger partial charge in [-0.2, -0.15) is 4.98 Å². The highest BCUT2D eigenvalue weighted by molar-refractivity contribution is 6.28. The highest BCUT2D eigenvalue weighted by Crippen LogP contribution is 2.19. The van der Waals surface area contributed by atoms with Crippen LogP contribution >= 0.6 is 11.6 Å². The van der Waals surface area contributed by atoms with Crippen LogP contribution in [-0.2, 0) is 6.42 Å². The van der Waals surface area contributed by atoms with Crippen LogP contribution < -0.4 is 0 Å². The lowest BCUT2D eigenvalue weighted by atomic mass is 10.2. The number of allylic oxidation sites excluding steroid dienone is 1. The minimum absolute atomic E-state index is 0.0470. The predicted molar refractivity (Wildman–Crippen MR) is 48.8 cm³/mol. The Hall–Kier alpha value is -1.36. The van der Waals surface area contributed by atoms with Gasteiger partial charge in [-0.15, -0.1) is 6.58 Å². The van der Waals surface area contributed by atoms with Crippen LogP contribution in [0.4, 0.5) is 5.82 Å². The molecule has 0 saturated heterocycles. The van der Waals surface area contributed by atoms with Crippen molar-refractivity contribution >= 4 is 17.4 Å². The van der Waals surface area contributed by atoms with Crippen molar-refractivity contribution in [1.29, 1.82) is 0 Å². The Morgan fingerprint density at radius 2 is 2.46 bits per heavy atom. The average molecular weight is 202 g/mol. The van der Waals surface area contributed by atoms with Crippen LogP contribution in [0.25, 0.3) is 0 Å². The molecule has 0 aromatic carbocycles. The number of aryl methyl sites for hydroxylation is 1. The summed E-state index contributed by atoms with van der Waals surface area (Å²) >= 11 is 5.49. The summed E-state index contributed by atoms with van der Waals surface area (Å²) in [5.41, 5.74) is 0.370. The van der Waals surface area contributed by atoms with Gasteiger partial charge in [0.15, 0.2) is 0 Å². The summed E-state index contributed by atoms with van der Waals surface area (Å²) in [5, 5.41) is 10.5. The van der Waals surface area contributed by atoms with Crippen LogP contribution in [0, 0.1) is 10.1 Å². The van der Waals surface area contributed by atoms with E-state index in [-0.39, 0.29) is 11.1 Å². The molecule has 0 bridgehead atoms. The molecule has 1 rings (SSSR count). The Morgan fingerprint density at radius 1 is 1.77 bits per heavy atom. The number of hydrogen-bond acceptors (Lipinski definition) is 3. The van der Waals surface area contributed by atoms with Crippen molar-refractivity contribution in [3.8, 4) is 0 Å². The maximum Gasteiger partial charge on any atom is 0.344 e. The van der Waals surface area contributed by atoms with Crippen molar-refractivity contribution in [2.45, 2.75) is 12.8 Å². The van der Waals surface area contributed by atoms with Gasteiger partial charge in [0, 0.05) is 6.42 Å². The van der Waals surface area contributed by atoms with E-state index in [1.54, 1.807) is 6.08 Å². The first-order valence-electron chi connectivity index (χ1n) is 3.65. The highest BCUT2D eigenvalue weighted by atomic mass is 35.5. The van der Waals surface area contributed by atoms with E-state index in [9.17, 15) is 10.1 Å². The molecule has 5 nitrogen and oxygen atoms in total. The Kier molecular flexibility index (Phi) is 3.02. The molecule has 0 radical (unpaired) electrons. The van der Waals surface area contributed by atoms with Crippen LogP contribution in [-0.4, -0.2) is 14.9 Å². The third-order valence-corrected chi connectivity index (χ3v) is 1.67. The Balaban J connectivity index is 2.90. The summed E-state index contributed by atoms with van der Waals surface area (Å²) < 4.78 is 0. The Labute approximate surface area is 79.6 Å². The van der Waals surface area contributed by atoms with Crippen molar-refractivity contribution in [2.24, 2.45) is 0 Å². The number of hydrogen-bond donors (Lipinski definition) is 1. The van der Waals surface area contributed by atoms with Crippen molar-refractivity contribution < 1.29 is 4.92 Å². The number of imidazole rings is 1. The monoisotopic (exact) mass is 201 g/mol. The number of rotatable bonds is 4. The van der Waals surface area contributed by atoms with Gasteiger partial charge in [-0.3, -0.25) is 0 Å². The fraction of sp³-hybridized carbons (Fsp3) is 0.286. The molecule has 0 aliphatic heterocycles. The predicted octanol–water partition coefficient (Wildman–Crippen LogP) is 2.09. The zero-order valence-electron chi connectivity index (χ0n) is 6.79. The maximum absolute atomic E-state index is 10.4. The van der Waals surface area contributed by atoms with Gasteiger partial charge in [0.2, 0.25) is 0 Å². The van der Waals surface area contributed by atoms with E-state index in [4.69, 9.17) is 11.6 Å². The third kappa shape index (κ3) is 2.29. The summed E-state index contributed by atoms with van der Waals surface area (Å²) in [5.74, 6) is -0.133. The van der Waals surface area contributed by atoms with Gasteiger partial charge in [-0.25, -0.2) is 4.98 Å². The van der Waals surface area contributed by atoms with E-state index in [2.05, 4.69) is 16.5 Å². The molecule has 1 heterocycles. The number of nitrogens with zero attached hydrogens (tertiary/aromatic N) is 2. The molecule has 0 aliphatic carbocycles. The molecule has 0 saturated carbocycles. The molecule has 0 aliphatic rings. The van der Waals surface area contributed by atoms with Gasteiger partial charge in [-0.05, 0) is 22.9 Å². The summed E-state index contributed by atoms with van der Waals surface area (Å²) in [6.45, 7) is 3.52. The van der Waals surface area contributed by atoms with Crippen molar-refractivity contribution in [3.05, 3.63) is 33.7 Å². The van der Waals surface area contributed by atoms with Crippen LogP contribution in [0.5, 0.6) is 0 Å². The lowest BCUT2D eigenvalue weighted by molar-refractivity contribution is -0.390. The lowest BCUT2D eigenvalue weighted by Crippen LogP contribution is -1.93. The maximum atomic E-state index is 10.4. The normalized spacial score (nSPS) is 9.92. The second-order valence-corrected chi connectivity index (χ2v) is 2.77. The third-order valence-electron chi connectivity index (χ3n) is 1.50. The van der Waals surface area contributed by atoms with E-state index in [0.29, 0.717) is 18.5 Å². The zero-order valence-corrected chi connectivity index (χ0v) is 7.54. The molecular weight excluding hydrogens is 194 g/mol. The number of nitrogens with one attached hydrogen (secondary N) is 1. The van der Waals surface area contributed by atoms with Gasteiger partial charge >= 0.3 is 5.82 Å². The molecule has 13 heavy (non-hydrogen) atoms. The molecule has 0 spiro atoms. The van der Waals surface area contributed by atoms with E-state index in [0.717, 1.165) is 0 Å². The number of aromatic nitrogens is 2. The van der Waals surface area contributed by atoms with Crippen LogP contribution in [0.3, 0.4) is 0 Å². The molecule has 0 fully saturated rings. The second kappa shape index (κ2) is 4.04. The summed E-state index contributed by atoms with van der Waals surface area (Å²) in [6, 6.07) is 0. The zero-order chi connectivity index (χ0) is 9.84. The standard InChI is InChI=1S/C7H8ClN3O2/c1-2-3-4-5-6(11(12)13)10-7(8)9-5/h2H,1,3-4H2,(H,9,10). The molecule has 1 N–H and O–H groups in total. The van der Waals surface area contributed by atoms with Gasteiger partial charge in [0.25, 0.3) is 5.28 Å². The van der Waals surface area contributed by atoms with Gasteiger partial charge in [0.05, 0.1) is 0 Å². The van der Waals surface area contributed by atoms with Crippen molar-refractivity contribution in [2.75, 3.05) is 0 Å². The average Bonchev–Trinajstić information content (AvgIpc) is 2.43. The molecule has 70 valence electrons. The fourth-order valence-electron chi connectivity index (χ4n) is 0.933. The lowest BCUT2D eigenvalue weighted by Gasteiger charge is -1.93. The first-order chi connectivity index (χ1) is 6.15. The molecule has 1 aromatic rings. The SMILES string of the molecule is C=CCCc1nc(Cl)[nH]c1[N+](=O)[O-]. The van der Waals surface area contributed by atoms with Crippen LogP contribution in [0.1, 0.15) is 12.1 Å². The molecule has 0 atom stereocenters. The summed E-state index contributed by atoms with van der Waals surface area (Å²) in [7, 11) is 0. The Bertz CT molecular complexity index is 334. The molecular formula is C7H8ClN3O2. The highest BCUT2D eigenvalue weighted by Gasteiger charge is 2.17. The van der Waals surface area contributed by atoms with Gasteiger partial charge < -0.3 is 10.1 Å². The second-order valence-electron chi connectivity index (χ2n) is 2.41. The molecule has 0 amide bonds. The summed E-state index contributed by atoms with van der Waals surface area (Å²) in [6.07, 6.45) is 2.79. The van der Waals surface area contributed by atoms with Gasteiger partial charge in [-0.1, -0.05) is 6.08 Å². The van der Waals surface area contributed by atoms with Gasteiger partial charge in [0.1, 0.15) is 5.69 Å². The fourth-order valence-corrected chi connectivity index (χ4v) is 1.12. The van der Waals surface area contributed by atoms with E-state index >= 15 is 0 Å². The minimum Gasteiger partial charge on any atom is -0.358 e. The minimum atomic E-state index is -0.530. The number of H-pyrrole nitrogens is 1. The molecule has 6 heteroatoms. The molecule has 0 unspecified atom stereocenters. The largest absolute Gasteiger partial charge is 0.358 e. The summed E-state index contributed by atoms with van der Waals surface area (Å²) in [4.78, 5) is 16.1. The smallest absolute Gasteiger partial charge is 0.344 e. The quantitative estimate of drug-likeness (QED) is 0.461. The number of aromatic amines is 1. The van der Waals surface area contributed by atoms with E-state index < -0.39 is 4.92 Å². The van der Waals surface area contributed by atoms with Crippen LogP contribution in [0.15, 0.2) is 12.7 Å². The first kappa shape index (κ1) is 9.73. The van der Waals surface area contributed by atoms with Crippen LogP contribution in [0.2, 0.25) is 5.28 Å². The number of halogens is 1. The Morgan fingerprint density at radius 3 is 3.00 bits per heavy atom. The van der Waals surface area contributed by atoms with E-state index in [1.807, 2.05) is 0 Å². The van der Waals surface area contributed by atoms with Crippen molar-refractivity contribution in [3.63, 3.8) is 0 Å².